The minimum absolute atomic E-state index is 0.0159. The number of methoxy groups -OCH3 is 1. The highest BCUT2D eigenvalue weighted by Gasteiger charge is 2.33. The lowest BCUT2D eigenvalue weighted by atomic mass is 9.93. The van der Waals surface area contributed by atoms with E-state index in [4.69, 9.17) is 19.9 Å². The van der Waals surface area contributed by atoms with Crippen molar-refractivity contribution in [1.29, 1.82) is 0 Å². The first-order chi connectivity index (χ1) is 19.8. The monoisotopic (exact) mass is 566 g/mol. The third-order valence-corrected chi connectivity index (χ3v) is 6.57. The van der Waals surface area contributed by atoms with E-state index in [-0.39, 0.29) is 31.2 Å². The molecule has 4 atom stereocenters. The minimum atomic E-state index is -0.846. The molecule has 3 aromatic rings. The molecule has 4 rings (SSSR count). The number of pyridine rings is 2. The van der Waals surface area contributed by atoms with Gasteiger partial charge in [-0.15, -0.1) is 0 Å². The van der Waals surface area contributed by atoms with E-state index in [0.717, 1.165) is 23.8 Å². The number of nitrogens with two attached hydrogens (primary N) is 1. The fourth-order valence-electron chi connectivity index (χ4n) is 4.56. The second kappa shape index (κ2) is 14.6. The number of aliphatic hydroxyl groups excluding tert-OH is 1. The van der Waals surface area contributed by atoms with E-state index in [1.165, 1.54) is 13.2 Å². The van der Waals surface area contributed by atoms with Crippen LogP contribution in [0.5, 0.6) is 5.88 Å². The lowest BCUT2D eigenvalue weighted by Gasteiger charge is -2.36. The number of nitrogens with one attached hydrogen (secondary N) is 1. The molecule has 1 fully saturated rings. The van der Waals surface area contributed by atoms with Crippen LogP contribution >= 0.6 is 0 Å². The lowest BCUT2D eigenvalue weighted by Crippen LogP contribution is -2.49. The summed E-state index contributed by atoms with van der Waals surface area (Å²) >= 11 is 0. The molecule has 0 radical (unpaired) electrons. The van der Waals surface area contributed by atoms with E-state index in [9.17, 15) is 18.7 Å². The molecule has 9 nitrogen and oxygen atoms in total. The molecule has 1 saturated heterocycles. The number of ether oxygens (including phenoxy) is 3. The number of primary amides is 1. The van der Waals surface area contributed by atoms with Crippen molar-refractivity contribution in [2.45, 2.75) is 43.6 Å². The highest BCUT2D eigenvalue weighted by atomic mass is 19.1. The summed E-state index contributed by atoms with van der Waals surface area (Å²) in [7, 11) is 1.54. The summed E-state index contributed by atoms with van der Waals surface area (Å²) in [5.74, 6) is 4.68. The molecule has 1 aromatic carbocycles. The number of hydrogen-bond acceptors (Lipinski definition) is 8. The Kier molecular flexibility index (Phi) is 10.7. The number of aliphatic hydroxyl groups is 1. The molecule has 1 amide bonds. The van der Waals surface area contributed by atoms with Crippen molar-refractivity contribution in [2.24, 2.45) is 5.73 Å². The number of amides is 1. The number of hydrogen-bond donors (Lipinski definition) is 3. The van der Waals surface area contributed by atoms with E-state index in [1.54, 1.807) is 18.3 Å². The summed E-state index contributed by atoms with van der Waals surface area (Å²) in [4.78, 5) is 19.7. The number of rotatable bonds is 11. The van der Waals surface area contributed by atoms with E-state index in [1.807, 2.05) is 12.1 Å². The third kappa shape index (κ3) is 8.52. The fourth-order valence-corrected chi connectivity index (χ4v) is 4.56. The summed E-state index contributed by atoms with van der Waals surface area (Å²) in [5.41, 5.74) is 7.38. The zero-order valence-electron chi connectivity index (χ0n) is 22.6. The molecule has 4 N–H and O–H groups in total. The van der Waals surface area contributed by atoms with E-state index in [2.05, 4.69) is 27.1 Å². The van der Waals surface area contributed by atoms with Gasteiger partial charge >= 0.3 is 0 Å². The van der Waals surface area contributed by atoms with Gasteiger partial charge in [-0.05, 0) is 48.7 Å². The van der Waals surface area contributed by atoms with Crippen molar-refractivity contribution in [3.8, 4) is 17.7 Å². The first kappa shape index (κ1) is 30.0. The molecular formula is C30H32F2N4O5. The maximum absolute atomic E-state index is 13.9. The molecule has 2 aromatic heterocycles. The maximum Gasteiger partial charge on any atom is 0.243 e. The number of fused-ring (bicyclic) bond motifs is 1. The minimum Gasteiger partial charge on any atom is -0.481 e. The van der Waals surface area contributed by atoms with Gasteiger partial charge in [-0.2, -0.15) is 0 Å². The summed E-state index contributed by atoms with van der Waals surface area (Å²) in [6.07, 6.45) is 4.37. The summed E-state index contributed by atoms with van der Waals surface area (Å²) in [6, 6.07) is 8.41. The van der Waals surface area contributed by atoms with Crippen LogP contribution < -0.4 is 15.8 Å². The Labute approximate surface area is 236 Å². The van der Waals surface area contributed by atoms with Gasteiger partial charge in [-0.1, -0.05) is 24.0 Å². The summed E-state index contributed by atoms with van der Waals surface area (Å²) < 4.78 is 44.0. The number of halogens is 2. The van der Waals surface area contributed by atoms with Crippen LogP contribution in [0.3, 0.4) is 0 Å². The van der Waals surface area contributed by atoms with Crippen molar-refractivity contribution in [2.75, 3.05) is 26.9 Å². The zero-order valence-corrected chi connectivity index (χ0v) is 22.6. The second-order valence-corrected chi connectivity index (χ2v) is 9.50. The van der Waals surface area contributed by atoms with Crippen LogP contribution in [0.4, 0.5) is 8.78 Å². The Morgan fingerprint density at radius 3 is 2.95 bits per heavy atom. The standard InChI is InChI=1S/C30H32F2N4O5/c1-39-29-11-9-24-30(36-29)20(12-14-35-24)17-25(37)27-10-8-23(26(41-27)5-3-15-40-18-28(33)38)34-13-2-4-19-16-21(31)6-7-22(19)32/h2,4,6-7,9,11-12,14,16,23,25-27,34,37H,8,10,13,15,17-18H2,1H3,(H2,33,38)/t23-,25+,26-,27+/m1/s1. The van der Waals surface area contributed by atoms with Crippen LogP contribution in [0.1, 0.15) is 24.0 Å². The quantitative estimate of drug-likeness (QED) is 0.239. The van der Waals surface area contributed by atoms with Gasteiger partial charge in [0.2, 0.25) is 11.8 Å². The van der Waals surface area contributed by atoms with Gasteiger partial charge in [0.25, 0.3) is 0 Å². The summed E-state index contributed by atoms with van der Waals surface area (Å²) in [6.45, 7) is 0.0887. The van der Waals surface area contributed by atoms with Gasteiger partial charge in [0.05, 0.1) is 30.4 Å². The van der Waals surface area contributed by atoms with Crippen molar-refractivity contribution in [1.82, 2.24) is 15.3 Å². The number of benzene rings is 1. The van der Waals surface area contributed by atoms with Gasteiger partial charge in [0, 0.05) is 36.8 Å². The SMILES string of the molecule is COc1ccc2nccc(C[C@H](O)[C@@H]3CC[C@@H](NCC=Cc4cc(F)ccc4F)[C@@H](C#CCOCC(N)=O)O3)c2n1. The number of carbonyl (C=O) groups is 1. The average molecular weight is 567 g/mol. The molecule has 216 valence electrons. The average Bonchev–Trinajstić information content (AvgIpc) is 2.97. The molecule has 1 aliphatic rings. The van der Waals surface area contributed by atoms with Crippen LogP contribution in [0.25, 0.3) is 17.1 Å². The van der Waals surface area contributed by atoms with Gasteiger partial charge in [-0.25, -0.2) is 13.8 Å². The molecular weight excluding hydrogens is 534 g/mol. The number of carbonyl (C=O) groups excluding carboxylic acids is 1. The first-order valence-electron chi connectivity index (χ1n) is 13.2. The van der Waals surface area contributed by atoms with Crippen molar-refractivity contribution < 1.29 is 32.9 Å². The van der Waals surface area contributed by atoms with E-state index in [0.29, 0.717) is 36.3 Å². The molecule has 0 bridgehead atoms. The second-order valence-electron chi connectivity index (χ2n) is 9.50. The molecule has 1 aliphatic heterocycles. The van der Waals surface area contributed by atoms with Crippen LogP contribution in [0.2, 0.25) is 0 Å². The lowest BCUT2D eigenvalue weighted by molar-refractivity contribution is -0.122. The maximum atomic E-state index is 13.9. The Bertz CT molecular complexity index is 1440. The molecule has 0 saturated carbocycles. The molecule has 0 aliphatic carbocycles. The van der Waals surface area contributed by atoms with E-state index >= 15 is 0 Å². The van der Waals surface area contributed by atoms with Crippen molar-refractivity contribution in [3.05, 3.63) is 71.4 Å². The van der Waals surface area contributed by atoms with Crippen LogP contribution in [0, 0.1) is 23.5 Å². The predicted octanol–water partition coefficient (Wildman–Crippen LogP) is 2.54. The molecule has 3 heterocycles. The number of nitrogens with zero attached hydrogens (tertiary/aromatic N) is 2. The highest BCUT2D eigenvalue weighted by molar-refractivity contribution is 5.78. The normalized spacial score (nSPS) is 19.6. The van der Waals surface area contributed by atoms with Crippen molar-refractivity contribution >= 4 is 23.0 Å². The third-order valence-electron chi connectivity index (χ3n) is 6.57. The fraction of sp³-hybridized carbons (Fsp3) is 0.367. The smallest absolute Gasteiger partial charge is 0.243 e. The van der Waals surface area contributed by atoms with Crippen LogP contribution in [0.15, 0.2) is 48.7 Å². The largest absolute Gasteiger partial charge is 0.481 e. The molecule has 41 heavy (non-hydrogen) atoms. The van der Waals surface area contributed by atoms with Gasteiger partial charge in [0.15, 0.2) is 0 Å². The number of aromatic nitrogens is 2. The topological polar surface area (TPSA) is 129 Å². The zero-order chi connectivity index (χ0) is 29.2. The molecule has 11 heteroatoms. The Hall–Kier alpha value is -3.95. The predicted molar refractivity (Wildman–Crippen MR) is 149 cm³/mol. The Morgan fingerprint density at radius 2 is 2.15 bits per heavy atom. The van der Waals surface area contributed by atoms with Gasteiger partial charge < -0.3 is 30.4 Å². The van der Waals surface area contributed by atoms with Crippen LogP contribution in [-0.2, 0) is 20.7 Å². The van der Waals surface area contributed by atoms with Crippen LogP contribution in [-0.4, -0.2) is 72.2 Å². The van der Waals surface area contributed by atoms with Gasteiger partial charge in [-0.3, -0.25) is 9.78 Å². The summed E-state index contributed by atoms with van der Waals surface area (Å²) in [5, 5.41) is 14.5. The van der Waals surface area contributed by atoms with Crippen molar-refractivity contribution in [3.63, 3.8) is 0 Å². The highest BCUT2D eigenvalue weighted by Crippen LogP contribution is 2.26. The molecule has 0 unspecified atom stereocenters. The van der Waals surface area contributed by atoms with Gasteiger partial charge in [0.1, 0.15) is 31.0 Å². The Balaban J connectivity index is 1.42. The first-order valence-corrected chi connectivity index (χ1v) is 13.2. The Morgan fingerprint density at radius 1 is 1.29 bits per heavy atom. The van der Waals surface area contributed by atoms with E-state index < -0.39 is 35.9 Å². The molecule has 0 spiro atoms.